The van der Waals surface area contributed by atoms with Crippen molar-refractivity contribution in [2.24, 2.45) is 11.5 Å². The van der Waals surface area contributed by atoms with Gasteiger partial charge in [0.05, 0.1) is 5.54 Å². The van der Waals surface area contributed by atoms with Crippen molar-refractivity contribution in [3.8, 4) is 0 Å². The van der Waals surface area contributed by atoms with Crippen LogP contribution in [0.25, 0.3) is 0 Å². The highest BCUT2D eigenvalue weighted by Gasteiger charge is 2.38. The van der Waals surface area contributed by atoms with E-state index in [0.29, 0.717) is 0 Å². The number of nitrogens with one attached hydrogen (secondary N) is 1. The lowest BCUT2D eigenvalue weighted by atomic mass is 10.0. The molecule has 1 atom stereocenters. The maximum atomic E-state index is 11.8. The minimum atomic E-state index is -5.08. The van der Waals surface area contributed by atoms with E-state index in [-0.39, 0.29) is 19.4 Å². The van der Waals surface area contributed by atoms with Crippen LogP contribution < -0.4 is 16.8 Å². The highest BCUT2D eigenvalue weighted by Crippen LogP contribution is 2.13. The van der Waals surface area contributed by atoms with E-state index < -0.39 is 41.5 Å². The third kappa shape index (κ3) is 11.6. The molecule has 1 aromatic rings. The zero-order valence-electron chi connectivity index (χ0n) is 16.4. The van der Waals surface area contributed by atoms with E-state index in [1.165, 1.54) is 13.8 Å². The zero-order chi connectivity index (χ0) is 23.5. The molecule has 2 amide bonds. The van der Waals surface area contributed by atoms with E-state index >= 15 is 0 Å². The molecule has 0 aromatic heterocycles. The van der Waals surface area contributed by atoms with E-state index in [2.05, 4.69) is 5.32 Å². The Morgan fingerprint density at radius 2 is 1.63 bits per heavy atom. The largest absolute Gasteiger partial charge is 0.490 e. The van der Waals surface area contributed by atoms with E-state index in [1.54, 1.807) is 0 Å². The number of rotatable bonds is 8. The molecular weight excluding hydrogens is 411 g/mol. The van der Waals surface area contributed by atoms with Gasteiger partial charge in [-0.3, -0.25) is 14.4 Å². The molecule has 0 aliphatic rings. The number of nitrogens with two attached hydrogens (primary N) is 2. The van der Waals surface area contributed by atoms with Crippen LogP contribution in [0.5, 0.6) is 0 Å². The normalized spacial score (nSPS) is 12.1. The summed E-state index contributed by atoms with van der Waals surface area (Å²) in [6.45, 7) is 3.17. The molecule has 168 valence electrons. The van der Waals surface area contributed by atoms with Crippen LogP contribution >= 0.6 is 0 Å². The van der Waals surface area contributed by atoms with Gasteiger partial charge in [0.1, 0.15) is 12.6 Å². The number of primary amides is 1. The molecule has 0 radical (unpaired) electrons. The summed E-state index contributed by atoms with van der Waals surface area (Å²) in [6, 6.07) is 8.26. The Morgan fingerprint density at radius 3 is 2.03 bits per heavy atom. The van der Waals surface area contributed by atoms with E-state index in [9.17, 15) is 27.6 Å². The average molecular weight is 435 g/mol. The highest BCUT2D eigenvalue weighted by molar-refractivity contribution is 5.91. The molecule has 30 heavy (non-hydrogen) atoms. The highest BCUT2D eigenvalue weighted by atomic mass is 19.4. The van der Waals surface area contributed by atoms with Gasteiger partial charge in [0.25, 0.3) is 0 Å². The maximum Gasteiger partial charge on any atom is 0.490 e. The molecule has 0 unspecified atom stereocenters. The van der Waals surface area contributed by atoms with Crippen LogP contribution in [0.15, 0.2) is 30.3 Å². The van der Waals surface area contributed by atoms with Crippen molar-refractivity contribution in [1.82, 2.24) is 5.32 Å². The van der Waals surface area contributed by atoms with Gasteiger partial charge in [-0.2, -0.15) is 13.2 Å². The number of amides is 2. The number of halogens is 3. The number of hydrogen-bond donors (Lipinski definition) is 4. The summed E-state index contributed by atoms with van der Waals surface area (Å²) in [7, 11) is 0. The minimum Gasteiger partial charge on any atom is -0.475 e. The third-order valence-corrected chi connectivity index (χ3v) is 3.36. The van der Waals surface area contributed by atoms with Crippen LogP contribution in [-0.2, 0) is 30.5 Å². The Kier molecular flexibility index (Phi) is 10.5. The van der Waals surface area contributed by atoms with E-state index in [4.69, 9.17) is 26.1 Å². The second kappa shape index (κ2) is 11.8. The molecule has 9 nitrogen and oxygen atoms in total. The van der Waals surface area contributed by atoms with Crippen LogP contribution in [0.1, 0.15) is 32.3 Å². The molecular formula is C18H24F3N3O6. The van der Waals surface area contributed by atoms with E-state index in [1.807, 2.05) is 30.3 Å². The SMILES string of the molecule is CC(C)(N)C(=O)N[C@@H](CCC(=O)OCc1ccccc1)C(N)=O.O=C(O)C(F)(F)F. The Morgan fingerprint density at radius 1 is 1.13 bits per heavy atom. The predicted molar refractivity (Wildman–Crippen MR) is 98.6 cm³/mol. The Hall–Kier alpha value is -3.15. The summed E-state index contributed by atoms with van der Waals surface area (Å²) in [5, 5.41) is 9.56. The first-order valence-corrected chi connectivity index (χ1v) is 8.53. The molecule has 1 aromatic carbocycles. The molecule has 0 aliphatic carbocycles. The number of benzene rings is 1. The average Bonchev–Trinajstić information content (AvgIpc) is 2.62. The molecule has 6 N–H and O–H groups in total. The summed E-state index contributed by atoms with van der Waals surface area (Å²) < 4.78 is 36.8. The first kappa shape index (κ1) is 26.9. The third-order valence-electron chi connectivity index (χ3n) is 3.36. The molecule has 0 bridgehead atoms. The van der Waals surface area contributed by atoms with Gasteiger partial charge in [-0.1, -0.05) is 30.3 Å². The molecule has 0 saturated carbocycles. The predicted octanol–water partition coefficient (Wildman–Crippen LogP) is 0.851. The van der Waals surface area contributed by atoms with Crippen molar-refractivity contribution in [3.05, 3.63) is 35.9 Å². The molecule has 0 saturated heterocycles. The molecule has 1 rings (SSSR count). The summed E-state index contributed by atoms with van der Waals surface area (Å²) in [6.07, 6.45) is -5.06. The fourth-order valence-corrected chi connectivity index (χ4v) is 1.70. The van der Waals surface area contributed by atoms with Crippen molar-refractivity contribution < 1.29 is 42.2 Å². The number of carbonyl (C=O) groups excluding carboxylic acids is 3. The molecule has 0 aliphatic heterocycles. The van der Waals surface area contributed by atoms with Crippen LogP contribution in [0.3, 0.4) is 0 Å². The number of esters is 1. The van der Waals surface area contributed by atoms with Gasteiger partial charge in [0.15, 0.2) is 0 Å². The first-order chi connectivity index (χ1) is 13.6. The number of carbonyl (C=O) groups is 4. The lowest BCUT2D eigenvalue weighted by Crippen LogP contribution is -2.55. The van der Waals surface area contributed by atoms with Gasteiger partial charge < -0.3 is 26.6 Å². The number of hydrogen-bond acceptors (Lipinski definition) is 6. The van der Waals surface area contributed by atoms with Crippen molar-refractivity contribution in [2.75, 3.05) is 0 Å². The summed E-state index contributed by atoms with van der Waals surface area (Å²) >= 11 is 0. The standard InChI is InChI=1S/C16H23N3O4.C2HF3O2/c1-16(2,18)15(22)19-12(14(17)21)8-9-13(20)23-10-11-6-4-3-5-7-11;3-2(4,5)1(6)7/h3-7,12H,8-10,18H2,1-2H3,(H2,17,21)(H,19,22);(H,6,7)/t12-;/m0./s1. The smallest absolute Gasteiger partial charge is 0.475 e. The van der Waals surface area contributed by atoms with Crippen molar-refractivity contribution in [2.45, 2.75) is 51.1 Å². The maximum absolute atomic E-state index is 11.8. The van der Waals surface area contributed by atoms with Gasteiger partial charge >= 0.3 is 18.1 Å². The van der Waals surface area contributed by atoms with Crippen LogP contribution in [-0.4, -0.2) is 46.6 Å². The Balaban J connectivity index is 0.00000103. The number of aliphatic carboxylic acids is 1. The van der Waals surface area contributed by atoms with Gasteiger partial charge in [-0.05, 0) is 25.8 Å². The monoisotopic (exact) mass is 435 g/mol. The fraction of sp³-hybridized carbons (Fsp3) is 0.444. The first-order valence-electron chi connectivity index (χ1n) is 8.53. The van der Waals surface area contributed by atoms with Gasteiger partial charge in [0.2, 0.25) is 11.8 Å². The Bertz CT molecular complexity index is 733. The molecule has 0 fully saturated rings. The van der Waals surface area contributed by atoms with Gasteiger partial charge in [-0.15, -0.1) is 0 Å². The number of carboxylic acids is 1. The van der Waals surface area contributed by atoms with Crippen LogP contribution in [0, 0.1) is 0 Å². The van der Waals surface area contributed by atoms with Gasteiger partial charge in [-0.25, -0.2) is 4.79 Å². The molecule has 12 heteroatoms. The van der Waals surface area contributed by atoms with Gasteiger partial charge in [0, 0.05) is 6.42 Å². The number of alkyl halides is 3. The number of carboxylic acid groups (broad SMARTS) is 1. The lowest BCUT2D eigenvalue weighted by molar-refractivity contribution is -0.192. The minimum absolute atomic E-state index is 0.0360. The Labute approximate surface area is 170 Å². The van der Waals surface area contributed by atoms with Crippen molar-refractivity contribution in [1.29, 1.82) is 0 Å². The summed E-state index contributed by atoms with van der Waals surface area (Å²) in [4.78, 5) is 43.8. The van der Waals surface area contributed by atoms with Crippen molar-refractivity contribution in [3.63, 3.8) is 0 Å². The second-order valence-corrected chi connectivity index (χ2v) is 6.64. The van der Waals surface area contributed by atoms with E-state index in [0.717, 1.165) is 5.56 Å². The van der Waals surface area contributed by atoms with Crippen LogP contribution in [0.4, 0.5) is 13.2 Å². The fourth-order valence-electron chi connectivity index (χ4n) is 1.70. The zero-order valence-corrected chi connectivity index (χ0v) is 16.4. The molecule has 0 heterocycles. The van der Waals surface area contributed by atoms with Crippen molar-refractivity contribution >= 4 is 23.8 Å². The van der Waals surface area contributed by atoms with Crippen LogP contribution in [0.2, 0.25) is 0 Å². The lowest BCUT2D eigenvalue weighted by Gasteiger charge is -2.22. The number of ether oxygens (including phenoxy) is 1. The quantitative estimate of drug-likeness (QED) is 0.440. The molecule has 0 spiro atoms. The summed E-state index contributed by atoms with van der Waals surface area (Å²) in [5.74, 6) is -4.47. The topological polar surface area (TPSA) is 162 Å². The summed E-state index contributed by atoms with van der Waals surface area (Å²) in [5.41, 5.74) is 10.6. The second-order valence-electron chi connectivity index (χ2n) is 6.64.